The number of hydrogen-bond acceptors (Lipinski definition) is 3. The molecule has 0 saturated carbocycles. The highest BCUT2D eigenvalue weighted by Crippen LogP contribution is 2.33. The van der Waals surface area contributed by atoms with Crippen molar-refractivity contribution in [3.8, 4) is 0 Å². The molecule has 0 aliphatic carbocycles. The second kappa shape index (κ2) is 7.65. The van der Waals surface area contributed by atoms with Gasteiger partial charge in [-0.1, -0.05) is 12.1 Å². The van der Waals surface area contributed by atoms with Crippen LogP contribution in [0.5, 0.6) is 0 Å². The van der Waals surface area contributed by atoms with Crippen LogP contribution in [0.4, 0.5) is 13.2 Å². The molecule has 0 unspecified atom stereocenters. The van der Waals surface area contributed by atoms with E-state index >= 15 is 0 Å². The number of hydrogen-bond donors (Lipinski definition) is 0. The number of piperidine rings is 1. The van der Waals surface area contributed by atoms with Crippen molar-refractivity contribution >= 4 is 11.8 Å². The van der Waals surface area contributed by atoms with Crippen molar-refractivity contribution in [2.24, 2.45) is 5.92 Å². The van der Waals surface area contributed by atoms with Crippen molar-refractivity contribution < 1.29 is 27.5 Å². The number of rotatable bonds is 2. The van der Waals surface area contributed by atoms with Crippen LogP contribution in [0.25, 0.3) is 0 Å². The number of likely N-dealkylation sites (tertiary alicyclic amines) is 1. The molecule has 1 aromatic carbocycles. The fraction of sp³-hybridized carbons (Fsp3) is 0.556. The first kappa shape index (κ1) is 18.7. The molecule has 1 aromatic rings. The maximum absolute atomic E-state index is 13.1. The van der Waals surface area contributed by atoms with Crippen LogP contribution in [0, 0.1) is 5.92 Å². The van der Waals surface area contributed by atoms with Crippen LogP contribution in [-0.2, 0) is 15.7 Å². The second-order valence-electron chi connectivity index (χ2n) is 6.55. The van der Waals surface area contributed by atoms with Crippen molar-refractivity contribution in [1.82, 2.24) is 9.80 Å². The molecule has 26 heavy (non-hydrogen) atoms. The molecule has 0 radical (unpaired) electrons. The molecule has 142 valence electrons. The van der Waals surface area contributed by atoms with Gasteiger partial charge in [-0.25, -0.2) is 0 Å². The predicted octanol–water partition coefficient (Wildman–Crippen LogP) is 2.42. The van der Waals surface area contributed by atoms with Crippen LogP contribution >= 0.6 is 0 Å². The van der Waals surface area contributed by atoms with E-state index in [-0.39, 0.29) is 30.5 Å². The summed E-state index contributed by atoms with van der Waals surface area (Å²) in [5.74, 6) is -0.763. The van der Waals surface area contributed by atoms with E-state index in [0.29, 0.717) is 39.1 Å². The topological polar surface area (TPSA) is 49.9 Å². The molecule has 2 aliphatic heterocycles. The van der Waals surface area contributed by atoms with E-state index in [1.165, 1.54) is 23.1 Å². The van der Waals surface area contributed by atoms with Gasteiger partial charge >= 0.3 is 6.18 Å². The zero-order chi connectivity index (χ0) is 18.7. The van der Waals surface area contributed by atoms with Gasteiger partial charge in [-0.15, -0.1) is 0 Å². The molecule has 2 aliphatic rings. The Morgan fingerprint density at radius 1 is 0.962 bits per heavy atom. The second-order valence-corrected chi connectivity index (χ2v) is 6.55. The van der Waals surface area contributed by atoms with Crippen molar-refractivity contribution in [3.05, 3.63) is 35.4 Å². The summed E-state index contributed by atoms with van der Waals surface area (Å²) in [7, 11) is 0. The van der Waals surface area contributed by atoms with E-state index in [0.717, 1.165) is 6.07 Å². The third-order valence-electron chi connectivity index (χ3n) is 4.92. The maximum atomic E-state index is 13.1. The highest BCUT2D eigenvalue weighted by Gasteiger charge is 2.37. The minimum Gasteiger partial charge on any atom is -0.378 e. The standard InChI is InChI=1S/C18H21F3N2O3/c19-18(20,21)15-4-2-1-3-14(15)17(25)22-7-5-13(6-8-22)16(24)23-9-11-26-12-10-23/h1-4,13H,5-12H2. The summed E-state index contributed by atoms with van der Waals surface area (Å²) in [5, 5.41) is 0. The highest BCUT2D eigenvalue weighted by atomic mass is 19.4. The molecule has 5 nitrogen and oxygen atoms in total. The van der Waals surface area contributed by atoms with Gasteiger partial charge in [-0.05, 0) is 25.0 Å². The Kier molecular flexibility index (Phi) is 5.50. The molecular formula is C18H21F3N2O3. The van der Waals surface area contributed by atoms with E-state index in [4.69, 9.17) is 4.74 Å². The largest absolute Gasteiger partial charge is 0.417 e. The number of alkyl halides is 3. The SMILES string of the molecule is O=C(c1ccccc1C(F)(F)F)N1CCC(C(=O)N2CCOCC2)CC1. The third-order valence-corrected chi connectivity index (χ3v) is 4.92. The molecule has 3 rings (SSSR count). The lowest BCUT2D eigenvalue weighted by Crippen LogP contribution is -2.47. The molecule has 2 saturated heterocycles. The Morgan fingerprint density at radius 3 is 2.19 bits per heavy atom. The van der Waals surface area contributed by atoms with Crippen molar-refractivity contribution in [2.45, 2.75) is 19.0 Å². The van der Waals surface area contributed by atoms with Gasteiger partial charge in [0.2, 0.25) is 5.91 Å². The molecular weight excluding hydrogens is 349 g/mol. The summed E-state index contributed by atoms with van der Waals surface area (Å²) in [6.45, 7) is 2.75. The van der Waals surface area contributed by atoms with Crippen molar-refractivity contribution in [1.29, 1.82) is 0 Å². The molecule has 8 heteroatoms. The highest BCUT2D eigenvalue weighted by molar-refractivity contribution is 5.96. The zero-order valence-corrected chi connectivity index (χ0v) is 14.3. The van der Waals surface area contributed by atoms with E-state index in [1.807, 2.05) is 0 Å². The lowest BCUT2D eigenvalue weighted by molar-refractivity contribution is -0.141. The van der Waals surface area contributed by atoms with E-state index in [2.05, 4.69) is 0 Å². The smallest absolute Gasteiger partial charge is 0.378 e. The first-order valence-corrected chi connectivity index (χ1v) is 8.70. The van der Waals surface area contributed by atoms with E-state index in [1.54, 1.807) is 4.90 Å². The van der Waals surface area contributed by atoms with Gasteiger partial charge in [0.25, 0.3) is 5.91 Å². The number of carbonyl (C=O) groups excluding carboxylic acids is 2. The van der Waals surface area contributed by atoms with Crippen LogP contribution in [0.2, 0.25) is 0 Å². The number of nitrogens with zero attached hydrogens (tertiary/aromatic N) is 2. The zero-order valence-electron chi connectivity index (χ0n) is 14.3. The van der Waals surface area contributed by atoms with Gasteiger partial charge in [0.05, 0.1) is 24.3 Å². The minimum atomic E-state index is -4.57. The molecule has 2 amide bonds. The number of benzene rings is 1. The van der Waals surface area contributed by atoms with Gasteiger partial charge in [0.15, 0.2) is 0 Å². The molecule has 0 spiro atoms. The number of ether oxygens (including phenoxy) is 1. The van der Waals surface area contributed by atoms with Crippen LogP contribution in [-0.4, -0.2) is 61.0 Å². The number of carbonyl (C=O) groups is 2. The quantitative estimate of drug-likeness (QED) is 0.803. The Morgan fingerprint density at radius 2 is 1.58 bits per heavy atom. The Balaban J connectivity index is 1.63. The lowest BCUT2D eigenvalue weighted by atomic mass is 9.94. The Hall–Kier alpha value is -2.09. The van der Waals surface area contributed by atoms with E-state index in [9.17, 15) is 22.8 Å². The maximum Gasteiger partial charge on any atom is 0.417 e. The molecule has 0 bridgehead atoms. The monoisotopic (exact) mass is 370 g/mol. The van der Waals surface area contributed by atoms with Crippen LogP contribution in [0.3, 0.4) is 0 Å². The summed E-state index contributed by atoms with van der Waals surface area (Å²) in [5.41, 5.74) is -1.26. The number of halogens is 3. The van der Waals surface area contributed by atoms with Crippen molar-refractivity contribution in [2.75, 3.05) is 39.4 Å². The third kappa shape index (κ3) is 4.00. The van der Waals surface area contributed by atoms with Crippen molar-refractivity contribution in [3.63, 3.8) is 0 Å². The summed E-state index contributed by atoms with van der Waals surface area (Å²) in [6.07, 6.45) is -3.64. The first-order chi connectivity index (χ1) is 12.4. The average molecular weight is 370 g/mol. The molecule has 0 aromatic heterocycles. The summed E-state index contributed by atoms with van der Waals surface area (Å²) in [6, 6.07) is 4.82. The molecule has 0 atom stereocenters. The molecule has 2 fully saturated rings. The van der Waals surface area contributed by atoms with Crippen LogP contribution in [0.15, 0.2) is 24.3 Å². The Labute approximate surface area is 149 Å². The molecule has 2 heterocycles. The van der Waals surface area contributed by atoms with Gasteiger partial charge in [0.1, 0.15) is 0 Å². The van der Waals surface area contributed by atoms with Gasteiger partial charge < -0.3 is 14.5 Å². The summed E-state index contributed by atoms with van der Waals surface area (Å²) in [4.78, 5) is 28.2. The fourth-order valence-corrected chi connectivity index (χ4v) is 3.46. The summed E-state index contributed by atoms with van der Waals surface area (Å²) >= 11 is 0. The minimum absolute atomic E-state index is 0.0519. The fourth-order valence-electron chi connectivity index (χ4n) is 3.46. The van der Waals surface area contributed by atoms with E-state index < -0.39 is 17.6 Å². The molecule has 0 N–H and O–H groups in total. The normalized spacial score (nSPS) is 19.5. The average Bonchev–Trinajstić information content (AvgIpc) is 2.67. The van der Waals surface area contributed by atoms with Gasteiger partial charge in [-0.2, -0.15) is 13.2 Å². The lowest BCUT2D eigenvalue weighted by Gasteiger charge is -2.35. The Bertz CT molecular complexity index is 664. The summed E-state index contributed by atoms with van der Waals surface area (Å²) < 4.78 is 44.6. The van der Waals surface area contributed by atoms with Gasteiger partial charge in [0, 0.05) is 32.1 Å². The predicted molar refractivity (Wildman–Crippen MR) is 87.5 cm³/mol. The van der Waals surface area contributed by atoms with Crippen LogP contribution in [0.1, 0.15) is 28.8 Å². The number of morpholine rings is 1. The van der Waals surface area contributed by atoms with Gasteiger partial charge in [-0.3, -0.25) is 9.59 Å². The van der Waals surface area contributed by atoms with Crippen LogP contribution < -0.4 is 0 Å². The first-order valence-electron chi connectivity index (χ1n) is 8.70. The number of amides is 2.